The molecule has 0 atom stereocenters. The van der Waals surface area contributed by atoms with Crippen molar-refractivity contribution in [2.45, 2.75) is 26.4 Å². The lowest BCUT2D eigenvalue weighted by Gasteiger charge is -2.27. The van der Waals surface area contributed by atoms with Crippen LogP contribution >= 0.6 is 11.3 Å². The SMILES string of the molecule is CCc1nnc2n1CCN(C(=O)c1sccc1-c1ccccc1)C2. The summed E-state index contributed by atoms with van der Waals surface area (Å²) in [5.41, 5.74) is 2.09. The maximum Gasteiger partial charge on any atom is 0.265 e. The van der Waals surface area contributed by atoms with Gasteiger partial charge in [0.2, 0.25) is 0 Å². The summed E-state index contributed by atoms with van der Waals surface area (Å²) in [5, 5.41) is 10.4. The minimum Gasteiger partial charge on any atom is -0.329 e. The highest BCUT2D eigenvalue weighted by Gasteiger charge is 2.27. The Kier molecular flexibility index (Phi) is 3.90. The number of thiophene rings is 1. The number of hydrogen-bond acceptors (Lipinski definition) is 4. The first kappa shape index (κ1) is 15.1. The van der Waals surface area contributed by atoms with Gasteiger partial charge in [-0.15, -0.1) is 21.5 Å². The van der Waals surface area contributed by atoms with E-state index in [1.165, 1.54) is 11.3 Å². The lowest BCUT2D eigenvalue weighted by molar-refractivity contribution is 0.0712. The quantitative estimate of drug-likeness (QED) is 0.737. The molecule has 0 saturated carbocycles. The molecule has 24 heavy (non-hydrogen) atoms. The van der Waals surface area contributed by atoms with E-state index in [0.717, 1.165) is 40.6 Å². The molecule has 0 aliphatic carbocycles. The van der Waals surface area contributed by atoms with E-state index in [0.29, 0.717) is 13.1 Å². The molecule has 1 aromatic carbocycles. The van der Waals surface area contributed by atoms with E-state index in [-0.39, 0.29) is 5.91 Å². The van der Waals surface area contributed by atoms with Crippen LogP contribution in [-0.4, -0.2) is 32.1 Å². The Balaban J connectivity index is 1.61. The molecule has 3 heterocycles. The Labute approximate surface area is 144 Å². The number of carbonyl (C=O) groups is 1. The summed E-state index contributed by atoms with van der Waals surface area (Å²) in [5.74, 6) is 1.96. The van der Waals surface area contributed by atoms with Gasteiger partial charge in [0.15, 0.2) is 5.82 Å². The summed E-state index contributed by atoms with van der Waals surface area (Å²) in [6, 6.07) is 12.1. The molecule has 122 valence electrons. The van der Waals surface area contributed by atoms with Gasteiger partial charge in [-0.25, -0.2) is 0 Å². The summed E-state index contributed by atoms with van der Waals surface area (Å²) < 4.78 is 2.14. The summed E-state index contributed by atoms with van der Waals surface area (Å²) >= 11 is 1.50. The average Bonchev–Trinajstić information content (AvgIpc) is 3.28. The highest BCUT2D eigenvalue weighted by atomic mass is 32.1. The average molecular weight is 338 g/mol. The molecule has 4 rings (SSSR count). The van der Waals surface area contributed by atoms with Crippen LogP contribution < -0.4 is 0 Å². The van der Waals surface area contributed by atoms with Gasteiger partial charge in [-0.1, -0.05) is 37.3 Å². The number of hydrogen-bond donors (Lipinski definition) is 0. The van der Waals surface area contributed by atoms with Crippen LogP contribution in [0.4, 0.5) is 0 Å². The number of amides is 1. The first-order valence-corrected chi connectivity index (χ1v) is 8.99. The normalized spacial score (nSPS) is 13.8. The van der Waals surface area contributed by atoms with Crippen LogP contribution in [0.15, 0.2) is 41.8 Å². The smallest absolute Gasteiger partial charge is 0.265 e. The standard InChI is InChI=1S/C18H18N4OS/c1-2-15-19-20-16-12-21(9-10-22(15)16)18(23)17-14(8-11-24-17)13-6-4-3-5-7-13/h3-8,11H,2,9-10,12H2,1H3. The first-order chi connectivity index (χ1) is 11.8. The van der Waals surface area contributed by atoms with Crippen molar-refractivity contribution in [2.75, 3.05) is 6.54 Å². The number of aromatic nitrogens is 3. The lowest BCUT2D eigenvalue weighted by Crippen LogP contribution is -2.38. The van der Waals surface area contributed by atoms with Gasteiger partial charge in [0, 0.05) is 25.1 Å². The highest BCUT2D eigenvalue weighted by Crippen LogP contribution is 2.30. The molecule has 0 spiro atoms. The monoisotopic (exact) mass is 338 g/mol. The molecule has 6 heteroatoms. The predicted octanol–water partition coefficient (Wildman–Crippen LogP) is 3.23. The van der Waals surface area contributed by atoms with Crippen LogP contribution in [0.25, 0.3) is 11.1 Å². The molecule has 1 amide bonds. The molecule has 0 unspecified atom stereocenters. The molecule has 0 bridgehead atoms. The van der Waals surface area contributed by atoms with Crippen LogP contribution in [0.2, 0.25) is 0 Å². The Morgan fingerprint density at radius 3 is 2.79 bits per heavy atom. The second-order valence-corrected chi connectivity index (χ2v) is 6.71. The maximum atomic E-state index is 13.0. The number of fused-ring (bicyclic) bond motifs is 1. The molecule has 0 saturated heterocycles. The summed E-state index contributed by atoms with van der Waals surface area (Å²) in [6.07, 6.45) is 0.865. The molecule has 0 radical (unpaired) electrons. The maximum absolute atomic E-state index is 13.0. The van der Waals surface area contributed by atoms with E-state index < -0.39 is 0 Å². The van der Waals surface area contributed by atoms with Crippen molar-refractivity contribution in [3.8, 4) is 11.1 Å². The minimum absolute atomic E-state index is 0.0798. The zero-order valence-corrected chi connectivity index (χ0v) is 14.3. The Morgan fingerprint density at radius 1 is 1.17 bits per heavy atom. The highest BCUT2D eigenvalue weighted by molar-refractivity contribution is 7.12. The van der Waals surface area contributed by atoms with Gasteiger partial charge >= 0.3 is 0 Å². The van der Waals surface area contributed by atoms with Crippen molar-refractivity contribution >= 4 is 17.2 Å². The van der Waals surface area contributed by atoms with Gasteiger partial charge < -0.3 is 9.47 Å². The number of carbonyl (C=O) groups excluding carboxylic acids is 1. The van der Waals surface area contributed by atoms with Crippen LogP contribution in [0.3, 0.4) is 0 Å². The fraction of sp³-hybridized carbons (Fsp3) is 0.278. The number of nitrogens with zero attached hydrogens (tertiary/aromatic N) is 4. The van der Waals surface area contributed by atoms with E-state index in [9.17, 15) is 4.79 Å². The molecule has 5 nitrogen and oxygen atoms in total. The molecule has 0 fully saturated rings. The molecular formula is C18H18N4OS. The van der Waals surface area contributed by atoms with Crippen LogP contribution in [0, 0.1) is 0 Å². The summed E-state index contributed by atoms with van der Waals surface area (Å²) in [4.78, 5) is 15.7. The lowest BCUT2D eigenvalue weighted by atomic mass is 10.1. The van der Waals surface area contributed by atoms with E-state index in [1.807, 2.05) is 46.7 Å². The molecule has 2 aromatic heterocycles. The van der Waals surface area contributed by atoms with Gasteiger partial charge in [0.05, 0.1) is 11.4 Å². The Bertz CT molecular complexity index is 868. The van der Waals surface area contributed by atoms with Crippen molar-refractivity contribution < 1.29 is 4.79 Å². The van der Waals surface area contributed by atoms with Gasteiger partial charge in [-0.2, -0.15) is 0 Å². The zero-order valence-electron chi connectivity index (χ0n) is 13.5. The van der Waals surface area contributed by atoms with Gasteiger partial charge in [0.1, 0.15) is 5.82 Å². The third-order valence-electron chi connectivity index (χ3n) is 4.38. The summed E-state index contributed by atoms with van der Waals surface area (Å²) in [7, 11) is 0. The molecule has 0 N–H and O–H groups in total. The number of rotatable bonds is 3. The third kappa shape index (κ3) is 2.53. The van der Waals surface area contributed by atoms with Crippen molar-refractivity contribution in [3.05, 3.63) is 58.3 Å². The van der Waals surface area contributed by atoms with Crippen LogP contribution in [0.5, 0.6) is 0 Å². The van der Waals surface area contributed by atoms with E-state index >= 15 is 0 Å². The van der Waals surface area contributed by atoms with E-state index in [4.69, 9.17) is 0 Å². The van der Waals surface area contributed by atoms with E-state index in [2.05, 4.69) is 21.7 Å². The van der Waals surface area contributed by atoms with E-state index in [1.54, 1.807) is 0 Å². The van der Waals surface area contributed by atoms with Crippen LogP contribution in [0.1, 0.15) is 28.2 Å². The summed E-state index contributed by atoms with van der Waals surface area (Å²) in [6.45, 7) is 4.07. The second kappa shape index (κ2) is 6.20. The van der Waals surface area contributed by atoms with Gasteiger partial charge in [-0.05, 0) is 17.0 Å². The zero-order chi connectivity index (χ0) is 16.5. The molecule has 1 aliphatic rings. The van der Waals surface area contributed by atoms with Crippen LogP contribution in [-0.2, 0) is 19.5 Å². The fourth-order valence-corrected chi connectivity index (χ4v) is 4.00. The first-order valence-electron chi connectivity index (χ1n) is 8.11. The molecule has 1 aliphatic heterocycles. The van der Waals surface area contributed by atoms with Crippen molar-refractivity contribution in [2.24, 2.45) is 0 Å². The molecule has 3 aromatic rings. The number of benzene rings is 1. The third-order valence-corrected chi connectivity index (χ3v) is 5.28. The topological polar surface area (TPSA) is 51.0 Å². The predicted molar refractivity (Wildman–Crippen MR) is 93.9 cm³/mol. The largest absolute Gasteiger partial charge is 0.329 e. The Hall–Kier alpha value is -2.47. The van der Waals surface area contributed by atoms with Crippen molar-refractivity contribution in [1.82, 2.24) is 19.7 Å². The Morgan fingerprint density at radius 2 is 2.00 bits per heavy atom. The fourth-order valence-electron chi connectivity index (χ4n) is 3.12. The van der Waals surface area contributed by atoms with Gasteiger partial charge in [-0.3, -0.25) is 4.79 Å². The molecular weight excluding hydrogens is 320 g/mol. The number of aryl methyl sites for hydroxylation is 1. The van der Waals surface area contributed by atoms with Crippen molar-refractivity contribution in [3.63, 3.8) is 0 Å². The van der Waals surface area contributed by atoms with Gasteiger partial charge in [0.25, 0.3) is 5.91 Å². The minimum atomic E-state index is 0.0798. The van der Waals surface area contributed by atoms with Crippen molar-refractivity contribution in [1.29, 1.82) is 0 Å². The second-order valence-electron chi connectivity index (χ2n) is 5.79.